The summed E-state index contributed by atoms with van der Waals surface area (Å²) in [5.41, 5.74) is 9.65. The van der Waals surface area contributed by atoms with Crippen molar-refractivity contribution in [2.45, 2.75) is 13.0 Å². The van der Waals surface area contributed by atoms with Crippen molar-refractivity contribution in [2.24, 2.45) is 0 Å². The van der Waals surface area contributed by atoms with E-state index in [1.165, 1.54) is 5.56 Å². The molecule has 0 bridgehead atoms. The summed E-state index contributed by atoms with van der Waals surface area (Å²) < 4.78 is 0. The highest BCUT2D eigenvalue weighted by atomic mass is 35.5. The number of carbonyl (C=O) groups is 1. The molecule has 4 nitrogen and oxygen atoms in total. The van der Waals surface area contributed by atoms with Gasteiger partial charge in [0.05, 0.1) is 6.42 Å². The predicted molar refractivity (Wildman–Crippen MR) is 104 cm³/mol. The number of fused-ring (bicyclic) bond motifs is 1. The summed E-state index contributed by atoms with van der Waals surface area (Å²) in [6.45, 7) is 2.48. The molecule has 2 aromatic rings. The van der Waals surface area contributed by atoms with E-state index < -0.39 is 0 Å². The average Bonchev–Trinajstić information content (AvgIpc) is 2.68. The number of hydrogen-bond donors (Lipinski definition) is 1. The van der Waals surface area contributed by atoms with Crippen LogP contribution in [0.5, 0.6) is 0 Å². The largest absolute Gasteiger partial charge is 0.399 e. The highest BCUT2D eigenvalue weighted by Gasteiger charge is 2.22. The number of likely N-dealkylation sites (N-methyl/N-ethyl adjacent to an activating group) is 1. The maximum Gasteiger partial charge on any atom is 0.231 e. The molecule has 0 atom stereocenters. The molecule has 0 fully saturated rings. The zero-order chi connectivity index (χ0) is 15.5. The van der Waals surface area contributed by atoms with E-state index in [-0.39, 0.29) is 30.7 Å². The number of nitrogen functional groups attached to an aromatic ring is 1. The van der Waals surface area contributed by atoms with Gasteiger partial charge in [-0.1, -0.05) is 30.3 Å². The summed E-state index contributed by atoms with van der Waals surface area (Å²) in [6.07, 6.45) is 0.401. The van der Waals surface area contributed by atoms with Crippen LogP contribution in [-0.4, -0.2) is 30.9 Å². The van der Waals surface area contributed by atoms with Crippen LogP contribution in [-0.2, 0) is 17.8 Å². The van der Waals surface area contributed by atoms with Crippen molar-refractivity contribution in [3.05, 3.63) is 59.7 Å². The Kier molecular flexibility index (Phi) is 7.55. The fourth-order valence-electron chi connectivity index (χ4n) is 2.83. The number of anilines is 2. The van der Waals surface area contributed by atoms with Gasteiger partial charge in [0, 0.05) is 31.0 Å². The molecule has 1 heterocycles. The summed E-state index contributed by atoms with van der Waals surface area (Å²) in [4.78, 5) is 16.9. The first-order chi connectivity index (χ1) is 10.6. The number of hydrogen-bond acceptors (Lipinski definition) is 3. The van der Waals surface area contributed by atoms with E-state index in [0.717, 1.165) is 36.6 Å². The number of carbonyl (C=O) groups excluding carboxylic acids is 1. The number of nitrogens with zero attached hydrogens (tertiary/aromatic N) is 2. The van der Waals surface area contributed by atoms with Gasteiger partial charge < -0.3 is 15.5 Å². The third kappa shape index (κ3) is 4.63. The lowest BCUT2D eigenvalue weighted by molar-refractivity contribution is -0.118. The normalized spacial score (nSPS) is 14.0. The lowest BCUT2D eigenvalue weighted by Crippen LogP contribution is -2.36. The molecule has 24 heavy (non-hydrogen) atoms. The van der Waals surface area contributed by atoms with E-state index in [4.69, 9.17) is 5.73 Å². The first-order valence-electron chi connectivity index (χ1n) is 7.55. The Hall–Kier alpha value is -1.75. The zero-order valence-corrected chi connectivity index (χ0v) is 15.3. The first-order valence-corrected chi connectivity index (χ1v) is 7.55. The van der Waals surface area contributed by atoms with E-state index in [0.29, 0.717) is 6.42 Å². The number of halogens is 2. The second kappa shape index (κ2) is 8.92. The second-order valence-electron chi connectivity index (χ2n) is 5.83. The van der Waals surface area contributed by atoms with Gasteiger partial charge >= 0.3 is 0 Å². The van der Waals surface area contributed by atoms with Crippen LogP contribution in [0.1, 0.15) is 11.1 Å². The lowest BCUT2D eigenvalue weighted by Gasteiger charge is -2.22. The van der Waals surface area contributed by atoms with Crippen molar-refractivity contribution in [1.82, 2.24) is 4.90 Å². The number of rotatable bonds is 2. The van der Waals surface area contributed by atoms with E-state index in [1.807, 2.05) is 47.4 Å². The Bertz CT molecular complexity index is 676. The van der Waals surface area contributed by atoms with Crippen molar-refractivity contribution < 1.29 is 4.79 Å². The van der Waals surface area contributed by atoms with Crippen molar-refractivity contribution in [1.29, 1.82) is 0 Å². The SMILES string of the molecule is CN1CCN(C(=O)Cc2ccc(N)cc2)c2ccccc2C1.Cl.Cl. The van der Waals surface area contributed by atoms with Crippen LogP contribution in [0.2, 0.25) is 0 Å². The highest BCUT2D eigenvalue weighted by Crippen LogP contribution is 2.25. The Morgan fingerprint density at radius 3 is 2.42 bits per heavy atom. The molecule has 2 aromatic carbocycles. The molecule has 3 rings (SSSR count). The fraction of sp³-hybridized carbons (Fsp3) is 0.278. The molecule has 0 saturated heterocycles. The van der Waals surface area contributed by atoms with Crippen LogP contribution < -0.4 is 10.6 Å². The highest BCUT2D eigenvalue weighted by molar-refractivity contribution is 5.95. The molecular weight excluding hydrogens is 345 g/mol. The van der Waals surface area contributed by atoms with Crippen LogP contribution in [0.25, 0.3) is 0 Å². The van der Waals surface area contributed by atoms with Gasteiger partial charge in [0.15, 0.2) is 0 Å². The smallest absolute Gasteiger partial charge is 0.231 e. The molecule has 0 radical (unpaired) electrons. The third-order valence-corrected chi connectivity index (χ3v) is 4.06. The van der Waals surface area contributed by atoms with Gasteiger partial charge in [-0.2, -0.15) is 0 Å². The molecule has 1 aliphatic heterocycles. The Morgan fingerprint density at radius 2 is 1.71 bits per heavy atom. The summed E-state index contributed by atoms with van der Waals surface area (Å²) in [6, 6.07) is 15.7. The standard InChI is InChI=1S/C18H21N3O.2ClH/c1-20-10-11-21(17-5-3-2-4-15(17)13-20)18(22)12-14-6-8-16(19)9-7-14;;/h2-9H,10-13,19H2,1H3;2*1H. The van der Waals surface area contributed by atoms with Crippen molar-refractivity contribution in [3.63, 3.8) is 0 Å². The molecule has 0 spiro atoms. The molecule has 0 saturated carbocycles. The molecular formula is C18H23Cl2N3O. The van der Waals surface area contributed by atoms with E-state index >= 15 is 0 Å². The number of benzene rings is 2. The average molecular weight is 368 g/mol. The van der Waals surface area contributed by atoms with E-state index in [2.05, 4.69) is 18.0 Å². The van der Waals surface area contributed by atoms with Crippen molar-refractivity contribution in [2.75, 3.05) is 30.8 Å². The predicted octanol–water partition coefficient (Wildman–Crippen LogP) is 3.13. The number of nitrogens with two attached hydrogens (primary N) is 1. The lowest BCUT2D eigenvalue weighted by atomic mass is 10.1. The Balaban J connectivity index is 0.00000144. The van der Waals surface area contributed by atoms with Crippen LogP contribution in [0.4, 0.5) is 11.4 Å². The van der Waals surface area contributed by atoms with Gasteiger partial charge in [-0.3, -0.25) is 4.79 Å². The molecule has 6 heteroatoms. The topological polar surface area (TPSA) is 49.6 Å². The Morgan fingerprint density at radius 1 is 1.04 bits per heavy atom. The minimum atomic E-state index is 0. The van der Waals surface area contributed by atoms with Gasteiger partial charge in [0.1, 0.15) is 0 Å². The monoisotopic (exact) mass is 367 g/mol. The molecule has 0 unspecified atom stereocenters. The molecule has 1 amide bonds. The quantitative estimate of drug-likeness (QED) is 0.829. The molecule has 0 aliphatic carbocycles. The fourth-order valence-corrected chi connectivity index (χ4v) is 2.83. The van der Waals surface area contributed by atoms with Gasteiger partial charge in [-0.25, -0.2) is 0 Å². The third-order valence-electron chi connectivity index (χ3n) is 4.06. The zero-order valence-electron chi connectivity index (χ0n) is 13.6. The maximum absolute atomic E-state index is 12.8. The minimum Gasteiger partial charge on any atom is -0.399 e. The maximum atomic E-state index is 12.8. The molecule has 1 aliphatic rings. The van der Waals surface area contributed by atoms with E-state index in [1.54, 1.807) is 0 Å². The second-order valence-corrected chi connectivity index (χ2v) is 5.83. The Labute approximate surface area is 155 Å². The van der Waals surface area contributed by atoms with Gasteiger partial charge in [0.2, 0.25) is 5.91 Å². The number of para-hydroxylation sites is 1. The van der Waals surface area contributed by atoms with Gasteiger partial charge in [-0.05, 0) is 36.4 Å². The van der Waals surface area contributed by atoms with Crippen LogP contribution in [0.3, 0.4) is 0 Å². The summed E-state index contributed by atoms with van der Waals surface area (Å²) >= 11 is 0. The molecule has 0 aromatic heterocycles. The first kappa shape index (κ1) is 20.3. The van der Waals surface area contributed by atoms with Crippen LogP contribution in [0, 0.1) is 0 Å². The summed E-state index contributed by atoms with van der Waals surface area (Å²) in [5, 5.41) is 0. The molecule has 2 N–H and O–H groups in total. The van der Waals surface area contributed by atoms with Gasteiger partial charge in [0.25, 0.3) is 0 Å². The molecule has 130 valence electrons. The number of amides is 1. The van der Waals surface area contributed by atoms with Crippen LogP contribution >= 0.6 is 24.8 Å². The summed E-state index contributed by atoms with van der Waals surface area (Å²) in [5.74, 6) is 0.132. The van der Waals surface area contributed by atoms with Crippen molar-refractivity contribution in [3.8, 4) is 0 Å². The van der Waals surface area contributed by atoms with Crippen molar-refractivity contribution >= 4 is 42.1 Å². The van der Waals surface area contributed by atoms with Gasteiger partial charge in [-0.15, -0.1) is 24.8 Å². The summed E-state index contributed by atoms with van der Waals surface area (Å²) in [7, 11) is 2.09. The van der Waals surface area contributed by atoms with E-state index in [9.17, 15) is 4.79 Å². The minimum absolute atomic E-state index is 0. The van der Waals surface area contributed by atoms with Crippen LogP contribution in [0.15, 0.2) is 48.5 Å².